The molecule has 1 fully saturated rings. The van der Waals surface area contributed by atoms with Crippen molar-refractivity contribution in [1.82, 2.24) is 14.9 Å². The van der Waals surface area contributed by atoms with Crippen molar-refractivity contribution in [1.29, 1.82) is 0 Å². The van der Waals surface area contributed by atoms with E-state index in [9.17, 15) is 14.4 Å². The Morgan fingerprint density at radius 2 is 2.29 bits per heavy atom. The third-order valence-corrected chi connectivity index (χ3v) is 2.50. The molecule has 0 spiro atoms. The molecule has 1 aliphatic heterocycles. The van der Waals surface area contributed by atoms with Gasteiger partial charge in [-0.1, -0.05) is 0 Å². The van der Waals surface area contributed by atoms with Crippen molar-refractivity contribution in [3.05, 3.63) is 22.4 Å². The molecule has 17 heavy (non-hydrogen) atoms. The first-order valence-electron chi connectivity index (χ1n) is 4.99. The number of carbonyl (C=O) groups excluding carboxylic acids is 1. The van der Waals surface area contributed by atoms with Crippen LogP contribution in [0.4, 0.5) is 0 Å². The fraction of sp³-hybridized carbons (Fsp3) is 0.444. The summed E-state index contributed by atoms with van der Waals surface area (Å²) in [6, 6.07) is -1.02. The minimum absolute atomic E-state index is 0.0446. The molecule has 2 rings (SSSR count). The lowest BCUT2D eigenvalue weighted by molar-refractivity contribution is -0.147. The highest BCUT2D eigenvalue weighted by molar-refractivity contribution is 5.95. The molecule has 1 aromatic heterocycles. The van der Waals surface area contributed by atoms with Gasteiger partial charge in [0.1, 0.15) is 5.69 Å². The zero-order chi connectivity index (χ0) is 12.4. The van der Waals surface area contributed by atoms with Gasteiger partial charge in [-0.05, 0) is 0 Å². The summed E-state index contributed by atoms with van der Waals surface area (Å²) in [7, 11) is 0. The largest absolute Gasteiger partial charge is 0.480 e. The normalized spacial score (nSPS) is 20.2. The molecule has 0 aromatic carbocycles. The number of nitrogens with one attached hydrogen (secondary N) is 2. The zero-order valence-corrected chi connectivity index (χ0v) is 8.80. The Morgan fingerprint density at radius 3 is 2.88 bits per heavy atom. The van der Waals surface area contributed by atoms with Crippen molar-refractivity contribution in [3.63, 3.8) is 0 Å². The molecule has 1 saturated heterocycles. The Labute approximate surface area is 95.2 Å². The molecule has 1 aliphatic rings. The van der Waals surface area contributed by atoms with E-state index in [0.717, 1.165) is 0 Å². The second-order valence-corrected chi connectivity index (χ2v) is 3.58. The van der Waals surface area contributed by atoms with E-state index in [1.807, 2.05) is 0 Å². The van der Waals surface area contributed by atoms with Crippen molar-refractivity contribution in [3.8, 4) is 0 Å². The fourth-order valence-corrected chi connectivity index (χ4v) is 1.65. The number of ether oxygens (including phenoxy) is 1. The number of carbonyl (C=O) groups is 2. The van der Waals surface area contributed by atoms with Gasteiger partial charge in [-0.2, -0.15) is 0 Å². The predicted molar refractivity (Wildman–Crippen MR) is 54.7 cm³/mol. The van der Waals surface area contributed by atoms with Crippen LogP contribution in [0.25, 0.3) is 0 Å². The number of carboxylic acid groups (broad SMARTS) is 1. The van der Waals surface area contributed by atoms with Crippen LogP contribution in [-0.2, 0) is 9.53 Å². The number of aromatic nitrogens is 2. The highest BCUT2D eigenvalue weighted by Crippen LogP contribution is 2.10. The molecule has 1 amide bonds. The smallest absolute Gasteiger partial charge is 0.328 e. The maximum Gasteiger partial charge on any atom is 0.328 e. The standard InChI is InChI=1S/C9H11N3O5/c13-7(5-3-10-9(16)11-5)12-1-2-17-4-6(12)8(14)15/h3,6H,1-2,4H2,(H,14,15)(H2,10,11,16). The van der Waals surface area contributed by atoms with Crippen molar-refractivity contribution >= 4 is 11.9 Å². The number of H-pyrrole nitrogens is 2. The average Bonchev–Trinajstić information content (AvgIpc) is 2.75. The van der Waals surface area contributed by atoms with Crippen LogP contribution in [0.1, 0.15) is 10.5 Å². The van der Waals surface area contributed by atoms with Crippen molar-refractivity contribution in [2.24, 2.45) is 0 Å². The highest BCUT2D eigenvalue weighted by atomic mass is 16.5. The molecular weight excluding hydrogens is 230 g/mol. The molecule has 8 heteroatoms. The van der Waals surface area contributed by atoms with Gasteiger partial charge in [0.25, 0.3) is 5.91 Å². The number of hydrogen-bond acceptors (Lipinski definition) is 4. The number of nitrogens with zero attached hydrogens (tertiary/aromatic N) is 1. The first-order chi connectivity index (χ1) is 8.09. The highest BCUT2D eigenvalue weighted by Gasteiger charge is 2.33. The maximum absolute atomic E-state index is 11.9. The van der Waals surface area contributed by atoms with Crippen molar-refractivity contribution < 1.29 is 19.4 Å². The van der Waals surface area contributed by atoms with Gasteiger partial charge in [0.2, 0.25) is 0 Å². The number of morpholine rings is 1. The summed E-state index contributed by atoms with van der Waals surface area (Å²) in [4.78, 5) is 39.5. The molecule has 0 aliphatic carbocycles. The Balaban J connectivity index is 2.22. The Morgan fingerprint density at radius 1 is 1.53 bits per heavy atom. The van der Waals surface area contributed by atoms with Gasteiger partial charge in [0.05, 0.1) is 13.2 Å². The number of amides is 1. The molecule has 8 nitrogen and oxygen atoms in total. The van der Waals surface area contributed by atoms with Gasteiger partial charge in [-0.15, -0.1) is 0 Å². The summed E-state index contributed by atoms with van der Waals surface area (Å²) < 4.78 is 5.01. The van der Waals surface area contributed by atoms with Crippen LogP contribution >= 0.6 is 0 Å². The Bertz CT molecular complexity index is 491. The average molecular weight is 241 g/mol. The number of carboxylic acids is 1. The van der Waals surface area contributed by atoms with Crippen LogP contribution < -0.4 is 5.69 Å². The monoisotopic (exact) mass is 241 g/mol. The second-order valence-electron chi connectivity index (χ2n) is 3.58. The minimum Gasteiger partial charge on any atom is -0.480 e. The number of aromatic amines is 2. The van der Waals surface area contributed by atoms with E-state index in [0.29, 0.717) is 0 Å². The first-order valence-corrected chi connectivity index (χ1v) is 4.99. The van der Waals surface area contributed by atoms with E-state index in [1.54, 1.807) is 0 Å². The van der Waals surface area contributed by atoms with E-state index in [2.05, 4.69) is 9.97 Å². The second kappa shape index (κ2) is 4.42. The van der Waals surface area contributed by atoms with Gasteiger partial charge in [-0.3, -0.25) is 4.79 Å². The van der Waals surface area contributed by atoms with E-state index >= 15 is 0 Å². The van der Waals surface area contributed by atoms with Crippen LogP contribution in [0, 0.1) is 0 Å². The summed E-state index contributed by atoms with van der Waals surface area (Å²) in [6.45, 7) is 0.420. The molecule has 0 saturated carbocycles. The Kier molecular flexibility index (Phi) is 2.96. The predicted octanol–water partition coefficient (Wildman–Crippen LogP) is -1.37. The summed E-state index contributed by atoms with van der Waals surface area (Å²) in [5.41, 5.74) is -0.461. The van der Waals surface area contributed by atoms with Gasteiger partial charge >= 0.3 is 11.7 Å². The van der Waals surface area contributed by atoms with Crippen molar-refractivity contribution in [2.75, 3.05) is 19.8 Å². The van der Waals surface area contributed by atoms with Crippen LogP contribution in [0.15, 0.2) is 11.0 Å². The third-order valence-electron chi connectivity index (χ3n) is 2.50. The van der Waals surface area contributed by atoms with Crippen LogP contribution in [-0.4, -0.2) is 57.7 Å². The molecule has 1 atom stereocenters. The molecular formula is C9H11N3O5. The van der Waals surface area contributed by atoms with E-state index in [-0.39, 0.29) is 25.5 Å². The van der Waals surface area contributed by atoms with Gasteiger partial charge < -0.3 is 24.7 Å². The van der Waals surface area contributed by atoms with Gasteiger partial charge in [-0.25, -0.2) is 9.59 Å². The quantitative estimate of drug-likeness (QED) is 0.590. The third kappa shape index (κ3) is 2.21. The molecule has 2 heterocycles. The molecule has 0 bridgehead atoms. The Hall–Kier alpha value is -2.09. The van der Waals surface area contributed by atoms with Crippen LogP contribution in [0.3, 0.4) is 0 Å². The molecule has 0 radical (unpaired) electrons. The first kappa shape index (κ1) is 11.4. The maximum atomic E-state index is 11.9. The summed E-state index contributed by atoms with van der Waals surface area (Å²) in [5.74, 6) is -1.66. The minimum atomic E-state index is -1.13. The lowest BCUT2D eigenvalue weighted by Crippen LogP contribution is -2.52. The van der Waals surface area contributed by atoms with Crippen LogP contribution in [0.5, 0.6) is 0 Å². The van der Waals surface area contributed by atoms with E-state index in [1.165, 1.54) is 11.1 Å². The molecule has 3 N–H and O–H groups in total. The summed E-state index contributed by atoms with van der Waals surface area (Å²) in [6.07, 6.45) is 1.22. The van der Waals surface area contributed by atoms with E-state index in [4.69, 9.17) is 9.84 Å². The molecule has 1 aromatic rings. The lowest BCUT2D eigenvalue weighted by Gasteiger charge is -2.32. The molecule has 1 unspecified atom stereocenters. The lowest BCUT2D eigenvalue weighted by atomic mass is 10.2. The number of rotatable bonds is 2. The fourth-order valence-electron chi connectivity index (χ4n) is 1.65. The van der Waals surface area contributed by atoms with Crippen molar-refractivity contribution in [2.45, 2.75) is 6.04 Å². The van der Waals surface area contributed by atoms with Gasteiger partial charge in [0, 0.05) is 12.7 Å². The van der Waals surface area contributed by atoms with Crippen LogP contribution in [0.2, 0.25) is 0 Å². The number of hydrogen-bond donors (Lipinski definition) is 3. The number of aliphatic carboxylic acids is 1. The van der Waals surface area contributed by atoms with Gasteiger partial charge in [0.15, 0.2) is 6.04 Å². The van der Waals surface area contributed by atoms with E-state index < -0.39 is 23.6 Å². The summed E-state index contributed by atoms with van der Waals surface area (Å²) >= 11 is 0. The number of imidazole rings is 1. The SMILES string of the molecule is O=C(O)C1COCCN1C(=O)c1c[nH]c(=O)[nH]1. The summed E-state index contributed by atoms with van der Waals surface area (Å²) in [5, 5.41) is 8.96. The zero-order valence-electron chi connectivity index (χ0n) is 8.80. The molecule has 92 valence electrons. The topological polar surface area (TPSA) is 115 Å².